The number of nitrogens with zero attached hydrogens (tertiary/aromatic N) is 4. The van der Waals surface area contributed by atoms with Gasteiger partial charge in [0.2, 0.25) is 0 Å². The van der Waals surface area contributed by atoms with E-state index in [0.29, 0.717) is 37.3 Å². The summed E-state index contributed by atoms with van der Waals surface area (Å²) in [6, 6.07) is 15.0. The Hall–Kier alpha value is -3.41. The van der Waals surface area contributed by atoms with Crippen molar-refractivity contribution in [3.8, 4) is 5.69 Å². The van der Waals surface area contributed by atoms with E-state index in [4.69, 9.17) is 0 Å². The predicted molar refractivity (Wildman–Crippen MR) is 106 cm³/mol. The van der Waals surface area contributed by atoms with Crippen molar-refractivity contribution in [1.82, 2.24) is 19.4 Å². The normalized spacial score (nSPS) is 14.6. The first-order chi connectivity index (χ1) is 13.7. The van der Waals surface area contributed by atoms with Crippen molar-refractivity contribution >= 4 is 11.8 Å². The Bertz CT molecular complexity index is 936. The zero-order valence-corrected chi connectivity index (χ0v) is 15.6. The average molecular weight is 374 g/mol. The minimum atomic E-state index is -0.00669. The summed E-state index contributed by atoms with van der Waals surface area (Å²) in [6.45, 7) is 2.37. The summed E-state index contributed by atoms with van der Waals surface area (Å²) in [7, 11) is 0. The molecule has 0 bridgehead atoms. The molecule has 0 aliphatic carbocycles. The van der Waals surface area contributed by atoms with Gasteiger partial charge in [0, 0.05) is 67.8 Å². The fourth-order valence-electron chi connectivity index (χ4n) is 3.47. The Morgan fingerprint density at radius 2 is 1.25 bits per heavy atom. The van der Waals surface area contributed by atoms with E-state index < -0.39 is 0 Å². The summed E-state index contributed by atoms with van der Waals surface area (Å²) >= 11 is 0. The summed E-state index contributed by atoms with van der Waals surface area (Å²) in [5.74, 6) is 0.00467. The molecule has 0 N–H and O–H groups in total. The zero-order chi connectivity index (χ0) is 19.3. The smallest absolute Gasteiger partial charge is 0.254 e. The average Bonchev–Trinajstić information content (AvgIpc) is 3.18. The highest BCUT2D eigenvalue weighted by Gasteiger charge is 2.23. The van der Waals surface area contributed by atoms with Gasteiger partial charge >= 0.3 is 0 Å². The third-order valence-electron chi connectivity index (χ3n) is 5.01. The standard InChI is InChI=1S/C22H22N4O2/c27-21(18-4-6-20(7-5-18)24-12-1-2-13-24)25-14-3-15-26(17-16-25)22(28)19-8-10-23-11-9-19/h1-2,4-13H,3,14-17H2. The Morgan fingerprint density at radius 3 is 1.82 bits per heavy atom. The van der Waals surface area contributed by atoms with Crippen molar-refractivity contribution in [3.63, 3.8) is 0 Å². The third kappa shape index (κ3) is 3.81. The lowest BCUT2D eigenvalue weighted by Gasteiger charge is -2.22. The molecule has 2 amide bonds. The SMILES string of the molecule is O=C(c1ccncc1)N1CCCN(C(=O)c2ccc(-n3cccc3)cc2)CC1. The number of hydrogen-bond donors (Lipinski definition) is 0. The summed E-state index contributed by atoms with van der Waals surface area (Å²) in [4.78, 5) is 33.2. The molecule has 0 saturated carbocycles. The Kier molecular flexibility index (Phi) is 5.19. The first kappa shape index (κ1) is 18.0. The van der Waals surface area contributed by atoms with Gasteiger partial charge in [0.05, 0.1) is 0 Å². The molecule has 0 spiro atoms. The van der Waals surface area contributed by atoms with E-state index in [-0.39, 0.29) is 11.8 Å². The van der Waals surface area contributed by atoms with Gasteiger partial charge in [-0.15, -0.1) is 0 Å². The second-order valence-electron chi connectivity index (χ2n) is 6.81. The second kappa shape index (κ2) is 8.08. The lowest BCUT2D eigenvalue weighted by atomic mass is 10.1. The molecule has 142 valence electrons. The molecule has 0 atom stereocenters. The van der Waals surface area contributed by atoms with Crippen LogP contribution in [0, 0.1) is 0 Å². The van der Waals surface area contributed by atoms with Crippen LogP contribution >= 0.6 is 0 Å². The highest BCUT2D eigenvalue weighted by molar-refractivity contribution is 5.95. The molecule has 6 heteroatoms. The molecule has 1 aliphatic rings. The van der Waals surface area contributed by atoms with Crippen molar-refractivity contribution in [1.29, 1.82) is 0 Å². The van der Waals surface area contributed by atoms with Crippen molar-refractivity contribution in [3.05, 3.63) is 84.4 Å². The quantitative estimate of drug-likeness (QED) is 0.708. The van der Waals surface area contributed by atoms with E-state index in [1.807, 2.05) is 63.2 Å². The Morgan fingerprint density at radius 1 is 0.714 bits per heavy atom. The van der Waals surface area contributed by atoms with Crippen LogP contribution in [0.2, 0.25) is 0 Å². The van der Waals surface area contributed by atoms with Crippen molar-refractivity contribution < 1.29 is 9.59 Å². The highest BCUT2D eigenvalue weighted by Crippen LogP contribution is 2.14. The number of amides is 2. The van der Waals surface area contributed by atoms with Crippen LogP contribution in [-0.2, 0) is 0 Å². The van der Waals surface area contributed by atoms with Gasteiger partial charge in [-0.3, -0.25) is 14.6 Å². The van der Waals surface area contributed by atoms with E-state index in [1.165, 1.54) is 0 Å². The number of carbonyl (C=O) groups is 2. The van der Waals surface area contributed by atoms with E-state index in [1.54, 1.807) is 24.5 Å². The second-order valence-corrected chi connectivity index (χ2v) is 6.81. The van der Waals surface area contributed by atoms with Crippen LogP contribution in [0.3, 0.4) is 0 Å². The summed E-state index contributed by atoms with van der Waals surface area (Å²) in [5.41, 5.74) is 2.33. The maximum atomic E-state index is 12.9. The van der Waals surface area contributed by atoms with Gasteiger partial charge in [0.15, 0.2) is 0 Å². The molecule has 3 heterocycles. The molecule has 6 nitrogen and oxygen atoms in total. The summed E-state index contributed by atoms with van der Waals surface area (Å²) in [5, 5.41) is 0. The van der Waals surface area contributed by atoms with Crippen molar-refractivity contribution in [2.45, 2.75) is 6.42 Å². The van der Waals surface area contributed by atoms with Crippen molar-refractivity contribution in [2.24, 2.45) is 0 Å². The van der Waals surface area contributed by atoms with Gasteiger partial charge in [0.25, 0.3) is 11.8 Å². The van der Waals surface area contributed by atoms with E-state index in [2.05, 4.69) is 4.98 Å². The molecular weight excluding hydrogens is 352 g/mol. The lowest BCUT2D eigenvalue weighted by Crippen LogP contribution is -2.37. The molecule has 3 aromatic rings. The van der Waals surface area contributed by atoms with E-state index >= 15 is 0 Å². The minimum Gasteiger partial charge on any atom is -0.337 e. The molecule has 1 saturated heterocycles. The summed E-state index contributed by atoms with van der Waals surface area (Å²) < 4.78 is 2.00. The molecule has 4 rings (SSSR count). The maximum absolute atomic E-state index is 12.9. The molecule has 1 fully saturated rings. The van der Waals surface area contributed by atoms with Crippen molar-refractivity contribution in [2.75, 3.05) is 26.2 Å². The zero-order valence-electron chi connectivity index (χ0n) is 15.6. The fraction of sp³-hybridized carbons (Fsp3) is 0.227. The number of carbonyl (C=O) groups excluding carboxylic acids is 2. The number of benzene rings is 1. The summed E-state index contributed by atoms with van der Waals surface area (Å²) in [6.07, 6.45) is 7.96. The molecule has 28 heavy (non-hydrogen) atoms. The lowest BCUT2D eigenvalue weighted by molar-refractivity contribution is 0.0718. The molecule has 0 radical (unpaired) electrons. The van der Waals surface area contributed by atoms with Crippen LogP contribution in [0.5, 0.6) is 0 Å². The molecule has 1 aliphatic heterocycles. The number of hydrogen-bond acceptors (Lipinski definition) is 3. The monoisotopic (exact) mass is 374 g/mol. The van der Waals surface area contributed by atoms with Crippen LogP contribution in [0.1, 0.15) is 27.1 Å². The van der Waals surface area contributed by atoms with Gasteiger partial charge in [-0.25, -0.2) is 0 Å². The number of pyridine rings is 1. The van der Waals surface area contributed by atoms with E-state index in [0.717, 1.165) is 12.1 Å². The van der Waals surface area contributed by atoms with Gasteiger partial charge in [-0.2, -0.15) is 0 Å². The van der Waals surface area contributed by atoms with Crippen LogP contribution in [-0.4, -0.2) is 57.3 Å². The number of rotatable bonds is 3. The first-order valence-electron chi connectivity index (χ1n) is 9.44. The topological polar surface area (TPSA) is 58.4 Å². The first-order valence-corrected chi connectivity index (χ1v) is 9.44. The molecule has 1 aromatic carbocycles. The van der Waals surface area contributed by atoms with Crippen LogP contribution in [0.25, 0.3) is 5.69 Å². The minimum absolute atomic E-state index is 0.00669. The molecular formula is C22H22N4O2. The van der Waals surface area contributed by atoms with Gasteiger partial charge in [-0.05, 0) is 55.0 Å². The van der Waals surface area contributed by atoms with Crippen LogP contribution in [0.15, 0.2) is 73.3 Å². The van der Waals surface area contributed by atoms with Gasteiger partial charge < -0.3 is 14.4 Å². The van der Waals surface area contributed by atoms with E-state index in [9.17, 15) is 9.59 Å². The predicted octanol–water partition coefficient (Wildman–Crippen LogP) is 2.86. The highest BCUT2D eigenvalue weighted by atomic mass is 16.2. The number of aromatic nitrogens is 2. The maximum Gasteiger partial charge on any atom is 0.254 e. The van der Waals surface area contributed by atoms with Gasteiger partial charge in [-0.1, -0.05) is 0 Å². The third-order valence-corrected chi connectivity index (χ3v) is 5.01. The Labute approximate surface area is 164 Å². The molecule has 2 aromatic heterocycles. The largest absolute Gasteiger partial charge is 0.337 e. The fourth-order valence-corrected chi connectivity index (χ4v) is 3.47. The van der Waals surface area contributed by atoms with Gasteiger partial charge in [0.1, 0.15) is 0 Å². The van der Waals surface area contributed by atoms with Crippen LogP contribution in [0.4, 0.5) is 0 Å². The Balaban J connectivity index is 1.41. The molecule has 0 unspecified atom stereocenters. The van der Waals surface area contributed by atoms with Crippen LogP contribution < -0.4 is 0 Å².